The molecule has 0 heterocycles. The van der Waals surface area contributed by atoms with Gasteiger partial charge in [-0.3, -0.25) is 0 Å². The lowest BCUT2D eigenvalue weighted by Crippen LogP contribution is -2.15. The lowest BCUT2D eigenvalue weighted by molar-refractivity contribution is 0.242. The van der Waals surface area contributed by atoms with Gasteiger partial charge < -0.3 is 15.2 Å². The lowest BCUT2D eigenvalue weighted by Gasteiger charge is -2.17. The van der Waals surface area contributed by atoms with Crippen LogP contribution in [0, 0.1) is 5.82 Å². The van der Waals surface area contributed by atoms with Crippen molar-refractivity contribution in [1.29, 1.82) is 0 Å². The van der Waals surface area contributed by atoms with Crippen LogP contribution in [0.5, 0.6) is 11.5 Å². The quantitative estimate of drug-likeness (QED) is 0.784. The second-order valence-electron chi connectivity index (χ2n) is 6.07. The van der Waals surface area contributed by atoms with Crippen LogP contribution < -0.4 is 15.2 Å². The fraction of sp³-hybridized carbons (Fsp3) is 0.400. The van der Waals surface area contributed by atoms with Gasteiger partial charge in [-0.1, -0.05) is 18.2 Å². The smallest absolute Gasteiger partial charge is 0.165 e. The third kappa shape index (κ3) is 4.96. The molecule has 24 heavy (non-hydrogen) atoms. The largest absolute Gasteiger partial charge is 0.491 e. The molecule has 0 saturated heterocycles. The normalized spacial score (nSPS) is 12.2. The number of ether oxygens (including phenoxy) is 2. The minimum atomic E-state index is -0.343. The van der Waals surface area contributed by atoms with Crippen molar-refractivity contribution in [2.75, 3.05) is 13.2 Å². The molecule has 2 rings (SSSR count). The topological polar surface area (TPSA) is 44.5 Å². The molecule has 0 fully saturated rings. The molecule has 1 unspecified atom stereocenters. The number of hydrogen-bond acceptors (Lipinski definition) is 3. The van der Waals surface area contributed by atoms with Crippen LogP contribution in [0.1, 0.15) is 37.8 Å². The van der Waals surface area contributed by atoms with Gasteiger partial charge in [-0.25, -0.2) is 4.39 Å². The van der Waals surface area contributed by atoms with Crippen LogP contribution >= 0.6 is 0 Å². The first kappa shape index (κ1) is 18.3. The Morgan fingerprint density at radius 3 is 2.54 bits per heavy atom. The molecule has 4 heteroatoms. The van der Waals surface area contributed by atoms with Crippen LogP contribution in [-0.4, -0.2) is 19.3 Å². The molecule has 0 aliphatic carbocycles. The highest BCUT2D eigenvalue weighted by Gasteiger charge is 2.14. The summed E-state index contributed by atoms with van der Waals surface area (Å²) in [6.45, 7) is 6.72. The average molecular weight is 331 g/mol. The van der Waals surface area contributed by atoms with Gasteiger partial charge in [0.2, 0.25) is 0 Å². The molecule has 0 aromatic heterocycles. The van der Waals surface area contributed by atoms with Crippen LogP contribution in [0.3, 0.4) is 0 Å². The Bertz CT molecular complexity index is 658. The first-order valence-corrected chi connectivity index (χ1v) is 8.41. The fourth-order valence-corrected chi connectivity index (χ4v) is 2.68. The summed E-state index contributed by atoms with van der Waals surface area (Å²) in [6, 6.07) is 13.1. The van der Waals surface area contributed by atoms with Gasteiger partial charge in [-0.05, 0) is 69.1 Å². The lowest BCUT2D eigenvalue weighted by atomic mass is 9.92. The average Bonchev–Trinajstić information content (AvgIpc) is 2.54. The summed E-state index contributed by atoms with van der Waals surface area (Å²) in [5, 5.41) is 0. The highest BCUT2D eigenvalue weighted by Crippen LogP contribution is 2.26. The Hall–Kier alpha value is -2.07. The molecule has 2 aromatic rings. The van der Waals surface area contributed by atoms with E-state index < -0.39 is 0 Å². The van der Waals surface area contributed by atoms with E-state index in [-0.39, 0.29) is 23.6 Å². The molecule has 130 valence electrons. The van der Waals surface area contributed by atoms with Crippen LogP contribution in [0.4, 0.5) is 4.39 Å². The Labute approximate surface area is 143 Å². The number of nitrogens with two attached hydrogens (primary N) is 1. The molecule has 0 radical (unpaired) electrons. The highest BCUT2D eigenvalue weighted by atomic mass is 19.1. The van der Waals surface area contributed by atoms with Gasteiger partial charge in [-0.2, -0.15) is 0 Å². The molecule has 0 aliphatic heterocycles. The van der Waals surface area contributed by atoms with Gasteiger partial charge in [0.15, 0.2) is 11.6 Å². The van der Waals surface area contributed by atoms with Crippen molar-refractivity contribution >= 4 is 0 Å². The first-order valence-electron chi connectivity index (χ1n) is 8.41. The molecule has 0 aliphatic rings. The van der Waals surface area contributed by atoms with E-state index >= 15 is 0 Å². The minimum absolute atomic E-state index is 0.0458. The van der Waals surface area contributed by atoms with E-state index in [2.05, 4.69) is 0 Å². The van der Waals surface area contributed by atoms with E-state index in [1.807, 2.05) is 51.1 Å². The van der Waals surface area contributed by atoms with Crippen molar-refractivity contribution < 1.29 is 13.9 Å². The zero-order chi connectivity index (χ0) is 17.5. The molecule has 0 saturated carbocycles. The van der Waals surface area contributed by atoms with Crippen molar-refractivity contribution in [3.8, 4) is 11.5 Å². The fourth-order valence-electron chi connectivity index (χ4n) is 2.68. The summed E-state index contributed by atoms with van der Waals surface area (Å²) < 4.78 is 25.1. The Morgan fingerprint density at radius 2 is 1.92 bits per heavy atom. The van der Waals surface area contributed by atoms with Gasteiger partial charge in [0, 0.05) is 5.92 Å². The van der Waals surface area contributed by atoms with Gasteiger partial charge >= 0.3 is 0 Å². The molecule has 1 atom stereocenters. The van der Waals surface area contributed by atoms with Crippen LogP contribution in [0.15, 0.2) is 42.5 Å². The van der Waals surface area contributed by atoms with E-state index in [4.69, 9.17) is 15.2 Å². The highest BCUT2D eigenvalue weighted by molar-refractivity contribution is 5.34. The Morgan fingerprint density at radius 1 is 1.12 bits per heavy atom. The summed E-state index contributed by atoms with van der Waals surface area (Å²) in [5.41, 5.74) is 7.94. The number of rotatable bonds is 8. The number of halogens is 1. The van der Waals surface area contributed by atoms with Gasteiger partial charge in [0.05, 0.1) is 12.7 Å². The van der Waals surface area contributed by atoms with E-state index in [0.29, 0.717) is 13.2 Å². The maximum Gasteiger partial charge on any atom is 0.165 e. The van der Waals surface area contributed by atoms with Crippen molar-refractivity contribution in [3.05, 3.63) is 59.4 Å². The molecular weight excluding hydrogens is 305 g/mol. The molecule has 0 amide bonds. The monoisotopic (exact) mass is 331 g/mol. The summed E-state index contributed by atoms with van der Waals surface area (Å²) in [4.78, 5) is 0. The molecule has 2 N–H and O–H groups in total. The zero-order valence-electron chi connectivity index (χ0n) is 14.6. The maximum absolute atomic E-state index is 14.1. The summed E-state index contributed by atoms with van der Waals surface area (Å²) >= 11 is 0. The first-order chi connectivity index (χ1) is 11.5. The molecular formula is C20H26FNO2. The van der Waals surface area contributed by atoms with Crippen molar-refractivity contribution in [2.24, 2.45) is 5.73 Å². The van der Waals surface area contributed by atoms with Gasteiger partial charge in [0.25, 0.3) is 0 Å². The maximum atomic E-state index is 14.1. The molecule has 2 aromatic carbocycles. The van der Waals surface area contributed by atoms with E-state index in [1.54, 1.807) is 6.07 Å². The van der Waals surface area contributed by atoms with Gasteiger partial charge in [-0.15, -0.1) is 0 Å². The molecule has 0 bridgehead atoms. The predicted octanol–water partition coefficient (Wildman–Crippen LogP) is 4.30. The number of hydrogen-bond donors (Lipinski definition) is 1. The minimum Gasteiger partial charge on any atom is -0.491 e. The molecule has 3 nitrogen and oxygen atoms in total. The van der Waals surface area contributed by atoms with E-state index in [9.17, 15) is 4.39 Å². The van der Waals surface area contributed by atoms with Crippen molar-refractivity contribution in [3.63, 3.8) is 0 Å². The van der Waals surface area contributed by atoms with E-state index in [0.717, 1.165) is 23.3 Å². The van der Waals surface area contributed by atoms with Crippen LogP contribution in [-0.2, 0) is 6.42 Å². The van der Waals surface area contributed by atoms with Crippen molar-refractivity contribution in [1.82, 2.24) is 0 Å². The van der Waals surface area contributed by atoms with Crippen LogP contribution in [0.25, 0.3) is 0 Å². The standard InChI is InChI=1S/C20H26FNO2/c1-4-23-20-9-8-16(12-19(20)21)17(13-22)10-15-6-5-7-18(11-15)24-14(2)3/h5-9,11-12,14,17H,4,10,13,22H2,1-3H3. The van der Waals surface area contributed by atoms with Gasteiger partial charge in [0.1, 0.15) is 5.75 Å². The third-order valence-corrected chi connectivity index (χ3v) is 3.76. The van der Waals surface area contributed by atoms with E-state index in [1.165, 1.54) is 6.07 Å². The molecule has 0 spiro atoms. The zero-order valence-corrected chi connectivity index (χ0v) is 14.6. The Kier molecular flexibility index (Phi) is 6.62. The van der Waals surface area contributed by atoms with Crippen molar-refractivity contribution in [2.45, 2.75) is 39.2 Å². The van der Waals surface area contributed by atoms with Crippen LogP contribution in [0.2, 0.25) is 0 Å². The summed E-state index contributed by atoms with van der Waals surface area (Å²) in [7, 11) is 0. The third-order valence-electron chi connectivity index (χ3n) is 3.76. The Balaban J connectivity index is 2.16. The predicted molar refractivity (Wildman–Crippen MR) is 95.3 cm³/mol. The second kappa shape index (κ2) is 8.69. The summed E-state index contributed by atoms with van der Waals surface area (Å²) in [5.74, 6) is 0.828. The second-order valence-corrected chi connectivity index (χ2v) is 6.07. The summed E-state index contributed by atoms with van der Waals surface area (Å²) in [6.07, 6.45) is 0.866. The SMILES string of the molecule is CCOc1ccc(C(CN)Cc2cccc(OC(C)C)c2)cc1F. The number of benzene rings is 2.